The van der Waals surface area contributed by atoms with Gasteiger partial charge in [0.1, 0.15) is 0 Å². The zero-order chi connectivity index (χ0) is 10.1. The summed E-state index contributed by atoms with van der Waals surface area (Å²) in [5.74, 6) is 0. The van der Waals surface area contributed by atoms with Crippen LogP contribution in [0.4, 0.5) is 0 Å². The monoisotopic (exact) mass is 202 g/mol. The van der Waals surface area contributed by atoms with Gasteiger partial charge in [-0.3, -0.25) is 4.68 Å². The van der Waals surface area contributed by atoms with Crippen molar-refractivity contribution in [2.24, 2.45) is 0 Å². The van der Waals surface area contributed by atoms with Crippen LogP contribution in [-0.4, -0.2) is 23.5 Å². The smallest absolute Gasteiger partial charge is 0.0815 e. The molecule has 3 nitrogen and oxygen atoms in total. The van der Waals surface area contributed by atoms with Gasteiger partial charge < -0.3 is 4.74 Å². The highest BCUT2D eigenvalue weighted by molar-refractivity contribution is 6.31. The van der Waals surface area contributed by atoms with E-state index in [2.05, 4.69) is 18.9 Å². The molecule has 1 aromatic rings. The number of hydrogen-bond acceptors (Lipinski definition) is 2. The van der Waals surface area contributed by atoms with Crippen LogP contribution < -0.4 is 0 Å². The topological polar surface area (TPSA) is 27.1 Å². The second kappa shape index (κ2) is 3.68. The Bertz CT molecular complexity index is 294. The quantitative estimate of drug-likeness (QED) is 0.752. The van der Waals surface area contributed by atoms with Crippen molar-refractivity contribution in [3.8, 4) is 0 Å². The highest BCUT2D eigenvalue weighted by atomic mass is 35.5. The van der Waals surface area contributed by atoms with E-state index in [1.807, 2.05) is 11.6 Å². The Morgan fingerprint density at radius 1 is 1.62 bits per heavy atom. The maximum Gasteiger partial charge on any atom is 0.0815 e. The lowest BCUT2D eigenvalue weighted by atomic mass is 10.1. The Kier molecular flexibility index (Phi) is 2.98. The molecule has 0 radical (unpaired) electrons. The summed E-state index contributed by atoms with van der Waals surface area (Å²) in [5.41, 5.74) is 0.829. The molecule has 0 saturated heterocycles. The van der Waals surface area contributed by atoms with Gasteiger partial charge in [0, 0.05) is 7.11 Å². The Morgan fingerprint density at radius 2 is 2.23 bits per heavy atom. The molecule has 1 heterocycles. The van der Waals surface area contributed by atoms with Gasteiger partial charge in [-0.25, -0.2) is 0 Å². The van der Waals surface area contributed by atoms with Gasteiger partial charge >= 0.3 is 0 Å². The Balaban J connectivity index is 2.99. The van der Waals surface area contributed by atoms with Crippen molar-refractivity contribution in [2.75, 3.05) is 13.7 Å². The van der Waals surface area contributed by atoms with Crippen LogP contribution in [0.1, 0.15) is 19.5 Å². The summed E-state index contributed by atoms with van der Waals surface area (Å²) >= 11 is 5.91. The minimum absolute atomic E-state index is 0.147. The van der Waals surface area contributed by atoms with Crippen LogP contribution in [0, 0.1) is 6.92 Å². The maximum atomic E-state index is 5.91. The summed E-state index contributed by atoms with van der Waals surface area (Å²) in [5, 5.41) is 4.91. The number of hydrogen-bond donors (Lipinski definition) is 0. The van der Waals surface area contributed by atoms with Gasteiger partial charge in [0.15, 0.2) is 0 Å². The predicted molar refractivity (Wildman–Crippen MR) is 53.2 cm³/mol. The third-order valence-electron chi connectivity index (χ3n) is 2.02. The first-order chi connectivity index (χ1) is 5.99. The van der Waals surface area contributed by atoms with Crippen molar-refractivity contribution in [3.63, 3.8) is 0 Å². The van der Waals surface area contributed by atoms with Gasteiger partial charge in [0.25, 0.3) is 0 Å². The van der Waals surface area contributed by atoms with Crippen LogP contribution in [0.25, 0.3) is 0 Å². The third-order valence-corrected chi connectivity index (χ3v) is 2.39. The van der Waals surface area contributed by atoms with Crippen molar-refractivity contribution in [1.29, 1.82) is 0 Å². The normalized spacial score (nSPS) is 12.1. The minimum atomic E-state index is -0.147. The molecule has 1 aromatic heterocycles. The fourth-order valence-electron chi connectivity index (χ4n) is 1.41. The van der Waals surface area contributed by atoms with Gasteiger partial charge in [-0.1, -0.05) is 11.6 Å². The molecule has 0 N–H and O–H groups in total. The van der Waals surface area contributed by atoms with Crippen molar-refractivity contribution >= 4 is 11.6 Å². The highest BCUT2D eigenvalue weighted by Gasteiger charge is 2.23. The SMILES string of the molecule is COCC(C)(C)n1ncc(Cl)c1C. The van der Waals surface area contributed by atoms with E-state index in [-0.39, 0.29) is 5.54 Å². The molecule has 0 unspecified atom stereocenters. The van der Waals surface area contributed by atoms with Crippen molar-refractivity contribution < 1.29 is 4.74 Å². The maximum absolute atomic E-state index is 5.91. The molecule has 0 spiro atoms. The molecule has 4 heteroatoms. The van der Waals surface area contributed by atoms with Crippen molar-refractivity contribution in [3.05, 3.63) is 16.9 Å². The predicted octanol–water partition coefficient (Wildman–Crippen LogP) is 2.23. The number of ether oxygens (including phenoxy) is 1. The lowest BCUT2D eigenvalue weighted by Gasteiger charge is -2.25. The molecule has 0 aliphatic carbocycles. The average molecular weight is 203 g/mol. The van der Waals surface area contributed by atoms with E-state index in [0.717, 1.165) is 5.69 Å². The summed E-state index contributed by atoms with van der Waals surface area (Å²) in [6, 6.07) is 0. The second-order valence-corrected chi connectivity index (χ2v) is 4.14. The fraction of sp³-hybridized carbons (Fsp3) is 0.667. The average Bonchev–Trinajstić information content (AvgIpc) is 2.33. The van der Waals surface area contributed by atoms with Crippen molar-refractivity contribution in [2.45, 2.75) is 26.3 Å². The number of halogens is 1. The molecule has 0 fully saturated rings. The molecule has 0 aliphatic rings. The van der Waals surface area contributed by atoms with E-state index in [0.29, 0.717) is 11.6 Å². The molecule has 0 amide bonds. The van der Waals surface area contributed by atoms with Gasteiger partial charge in [0.05, 0.1) is 29.1 Å². The van der Waals surface area contributed by atoms with Crippen molar-refractivity contribution in [1.82, 2.24) is 9.78 Å². The van der Waals surface area contributed by atoms with Crippen LogP contribution in [0.5, 0.6) is 0 Å². The van der Waals surface area contributed by atoms with E-state index in [9.17, 15) is 0 Å². The van der Waals surface area contributed by atoms with Gasteiger partial charge in [-0.2, -0.15) is 5.10 Å². The first kappa shape index (κ1) is 10.5. The summed E-state index contributed by atoms with van der Waals surface area (Å²) in [4.78, 5) is 0. The molecule has 74 valence electrons. The molecular weight excluding hydrogens is 188 g/mol. The molecule has 0 atom stereocenters. The van der Waals surface area contributed by atoms with E-state index < -0.39 is 0 Å². The van der Waals surface area contributed by atoms with Crippen LogP contribution >= 0.6 is 11.6 Å². The van der Waals surface area contributed by atoms with E-state index >= 15 is 0 Å². The number of methoxy groups -OCH3 is 1. The number of rotatable bonds is 3. The van der Waals surface area contributed by atoms with E-state index in [1.165, 1.54) is 0 Å². The number of aromatic nitrogens is 2. The fourth-order valence-corrected chi connectivity index (χ4v) is 1.54. The summed E-state index contributed by atoms with van der Waals surface area (Å²) in [6.07, 6.45) is 1.66. The summed E-state index contributed by atoms with van der Waals surface area (Å²) < 4.78 is 7.01. The van der Waals surface area contributed by atoms with E-state index in [1.54, 1.807) is 13.3 Å². The van der Waals surface area contributed by atoms with Gasteiger partial charge in [-0.05, 0) is 20.8 Å². The molecule has 0 saturated carbocycles. The summed E-state index contributed by atoms with van der Waals surface area (Å²) in [6.45, 7) is 6.69. The molecule has 0 aromatic carbocycles. The zero-order valence-corrected chi connectivity index (χ0v) is 9.22. The van der Waals surface area contributed by atoms with Gasteiger partial charge in [-0.15, -0.1) is 0 Å². The summed E-state index contributed by atoms with van der Waals surface area (Å²) in [7, 11) is 1.68. The lowest BCUT2D eigenvalue weighted by molar-refractivity contribution is 0.0999. The first-order valence-corrected chi connectivity index (χ1v) is 4.56. The van der Waals surface area contributed by atoms with Gasteiger partial charge in [0.2, 0.25) is 0 Å². The molecule has 13 heavy (non-hydrogen) atoms. The lowest BCUT2D eigenvalue weighted by Crippen LogP contribution is -2.33. The standard InChI is InChI=1S/C9H15ClN2O/c1-7-8(10)5-11-12(7)9(2,3)6-13-4/h5H,6H2,1-4H3. The van der Waals surface area contributed by atoms with Crippen LogP contribution in [0.15, 0.2) is 6.20 Å². The van der Waals surface area contributed by atoms with Crippen LogP contribution in [-0.2, 0) is 10.3 Å². The molecule has 0 bridgehead atoms. The molecule has 0 aliphatic heterocycles. The Morgan fingerprint density at radius 3 is 2.62 bits per heavy atom. The largest absolute Gasteiger partial charge is 0.382 e. The molecular formula is C9H15ClN2O. The molecule has 1 rings (SSSR count). The van der Waals surface area contributed by atoms with E-state index in [4.69, 9.17) is 16.3 Å². The first-order valence-electron chi connectivity index (χ1n) is 4.18. The van der Waals surface area contributed by atoms with Crippen LogP contribution in [0.2, 0.25) is 5.02 Å². The second-order valence-electron chi connectivity index (χ2n) is 3.74. The third kappa shape index (κ3) is 2.03. The Hall–Kier alpha value is -0.540. The minimum Gasteiger partial charge on any atom is -0.382 e. The zero-order valence-electron chi connectivity index (χ0n) is 8.47. The highest BCUT2D eigenvalue weighted by Crippen LogP contribution is 2.21. The number of nitrogens with zero attached hydrogens (tertiary/aromatic N) is 2. The Labute approximate surface area is 83.6 Å². The van der Waals surface area contributed by atoms with Crippen LogP contribution in [0.3, 0.4) is 0 Å².